The lowest BCUT2D eigenvalue weighted by molar-refractivity contribution is 0.102. The highest BCUT2D eigenvalue weighted by molar-refractivity contribution is 9.10. The Balaban J connectivity index is 1.95. The van der Waals surface area contributed by atoms with Gasteiger partial charge in [0.2, 0.25) is 0 Å². The number of amidine groups is 1. The second-order valence-electron chi connectivity index (χ2n) is 6.08. The summed E-state index contributed by atoms with van der Waals surface area (Å²) in [4.78, 5) is 18.6. The number of nitrogens with zero attached hydrogens (tertiary/aromatic N) is 2. The Morgan fingerprint density at radius 3 is 2.89 bits per heavy atom. The van der Waals surface area contributed by atoms with Gasteiger partial charge in [-0.3, -0.25) is 15.6 Å². The fraction of sp³-hybridized carbons (Fsp3) is 0.263. The van der Waals surface area contributed by atoms with Crippen molar-refractivity contribution < 1.29 is 9.53 Å². The first-order valence-electron chi connectivity index (χ1n) is 8.65. The van der Waals surface area contributed by atoms with Crippen molar-refractivity contribution in [3.8, 4) is 5.75 Å². The molecule has 7 nitrogen and oxygen atoms in total. The van der Waals surface area contributed by atoms with Gasteiger partial charge in [0, 0.05) is 11.0 Å². The highest BCUT2D eigenvalue weighted by atomic mass is 79.9. The Morgan fingerprint density at radius 2 is 2.07 bits per heavy atom. The average molecular weight is 430 g/mol. The number of carbonyl (C=O) groups excluding carboxylic acids is 1. The normalized spacial score (nSPS) is 15.7. The smallest absolute Gasteiger partial charge is 0.260 e. The van der Waals surface area contributed by atoms with E-state index in [4.69, 9.17) is 15.6 Å². The number of halogens is 1. The van der Waals surface area contributed by atoms with E-state index in [9.17, 15) is 4.79 Å². The lowest BCUT2D eigenvalue weighted by Gasteiger charge is -2.19. The molecule has 2 aromatic rings. The first kappa shape index (κ1) is 19.0. The fourth-order valence-electron chi connectivity index (χ4n) is 2.76. The third-order valence-electron chi connectivity index (χ3n) is 4.16. The molecule has 0 unspecified atom stereocenters. The number of benzene rings is 1. The molecule has 2 heterocycles. The lowest BCUT2D eigenvalue weighted by Crippen LogP contribution is -2.31. The minimum Gasteiger partial charge on any atom is -0.493 e. The maximum Gasteiger partial charge on any atom is 0.260 e. The van der Waals surface area contributed by atoms with Gasteiger partial charge in [0.15, 0.2) is 5.84 Å². The molecule has 0 atom stereocenters. The van der Waals surface area contributed by atoms with Crippen LogP contribution in [0.5, 0.6) is 5.75 Å². The molecule has 3 N–H and O–H groups in total. The highest BCUT2D eigenvalue weighted by Gasteiger charge is 2.17. The molecule has 1 aromatic carbocycles. The summed E-state index contributed by atoms with van der Waals surface area (Å²) >= 11 is 3.39. The Kier molecular flexibility index (Phi) is 6.18. The van der Waals surface area contributed by atoms with Crippen LogP contribution in [0.1, 0.15) is 35.3 Å². The molecule has 140 valence electrons. The second-order valence-corrected chi connectivity index (χ2v) is 7.00. The third-order valence-corrected chi connectivity index (χ3v) is 4.66. The number of hydrogen-bond donors (Lipinski definition) is 3. The Labute approximate surface area is 165 Å². The van der Waals surface area contributed by atoms with Crippen molar-refractivity contribution >= 4 is 39.8 Å². The largest absolute Gasteiger partial charge is 0.493 e. The highest BCUT2D eigenvalue weighted by Crippen LogP contribution is 2.25. The van der Waals surface area contributed by atoms with Gasteiger partial charge >= 0.3 is 0 Å². The van der Waals surface area contributed by atoms with Crippen LogP contribution in [0.4, 0.5) is 5.82 Å². The van der Waals surface area contributed by atoms with E-state index in [1.807, 2.05) is 6.07 Å². The molecule has 1 aromatic heterocycles. The van der Waals surface area contributed by atoms with Crippen molar-refractivity contribution in [2.75, 3.05) is 18.5 Å². The molecule has 1 amide bonds. The van der Waals surface area contributed by atoms with Crippen LogP contribution in [-0.2, 0) is 0 Å². The molecule has 0 aliphatic carbocycles. The van der Waals surface area contributed by atoms with Gasteiger partial charge < -0.3 is 15.0 Å². The van der Waals surface area contributed by atoms with E-state index in [1.54, 1.807) is 35.2 Å². The number of pyridine rings is 1. The van der Waals surface area contributed by atoms with E-state index < -0.39 is 0 Å². The van der Waals surface area contributed by atoms with E-state index in [0.717, 1.165) is 30.1 Å². The number of nitrogens with one attached hydrogen (secondary N) is 3. The molecule has 2 bridgehead atoms. The summed E-state index contributed by atoms with van der Waals surface area (Å²) in [5.74, 6) is 0.667. The molecule has 0 fully saturated rings. The van der Waals surface area contributed by atoms with E-state index in [1.165, 1.54) is 0 Å². The number of aromatic nitrogens is 1. The zero-order chi connectivity index (χ0) is 19.2. The topological polar surface area (TPSA) is 102 Å². The van der Waals surface area contributed by atoms with Gasteiger partial charge in [-0.25, -0.2) is 4.98 Å². The van der Waals surface area contributed by atoms with Crippen molar-refractivity contribution in [2.24, 2.45) is 0 Å². The van der Waals surface area contributed by atoms with E-state index in [0.29, 0.717) is 36.0 Å². The molecule has 1 aliphatic rings. The van der Waals surface area contributed by atoms with E-state index in [2.05, 4.69) is 26.2 Å². The molecule has 1 aliphatic heterocycles. The van der Waals surface area contributed by atoms with Gasteiger partial charge in [-0.05, 0) is 49.6 Å². The van der Waals surface area contributed by atoms with E-state index in [-0.39, 0.29) is 11.7 Å². The average Bonchev–Trinajstić information content (AvgIpc) is 2.67. The number of amides is 1. The third kappa shape index (κ3) is 4.71. The fourth-order valence-corrected chi connectivity index (χ4v) is 3.12. The van der Waals surface area contributed by atoms with Gasteiger partial charge in [0.25, 0.3) is 5.91 Å². The number of carbonyl (C=O) groups is 1. The van der Waals surface area contributed by atoms with Crippen LogP contribution in [-0.4, -0.2) is 41.1 Å². The molecule has 0 spiro atoms. The van der Waals surface area contributed by atoms with Crippen LogP contribution in [0, 0.1) is 10.8 Å². The van der Waals surface area contributed by atoms with Gasteiger partial charge in [0.1, 0.15) is 17.3 Å². The molecule has 27 heavy (non-hydrogen) atoms. The van der Waals surface area contributed by atoms with Crippen molar-refractivity contribution in [1.29, 1.82) is 10.8 Å². The minimum atomic E-state index is -0.332. The monoisotopic (exact) mass is 429 g/mol. The zero-order valence-corrected chi connectivity index (χ0v) is 16.3. The molecule has 0 saturated heterocycles. The molecule has 0 saturated carbocycles. The van der Waals surface area contributed by atoms with Gasteiger partial charge in [0.05, 0.1) is 18.5 Å². The predicted octanol–water partition coefficient (Wildman–Crippen LogP) is 3.89. The summed E-state index contributed by atoms with van der Waals surface area (Å²) in [7, 11) is 0. The van der Waals surface area contributed by atoms with Gasteiger partial charge in [-0.1, -0.05) is 22.0 Å². The number of anilines is 1. The quantitative estimate of drug-likeness (QED) is 0.472. The number of rotatable bonds is 1. The molecule has 3 rings (SSSR count). The Morgan fingerprint density at radius 1 is 1.22 bits per heavy atom. The predicted molar refractivity (Wildman–Crippen MR) is 108 cm³/mol. The second kappa shape index (κ2) is 8.77. The Hall–Kier alpha value is -2.74. The SMILES string of the molecule is N=CN1CCCCCOc2ccc(Br)cc2C(=O)Nc2cccc(n2)C1=N. The van der Waals surface area contributed by atoms with Crippen molar-refractivity contribution in [2.45, 2.75) is 19.3 Å². The van der Waals surface area contributed by atoms with Crippen LogP contribution < -0.4 is 10.1 Å². The first-order valence-corrected chi connectivity index (χ1v) is 9.44. The minimum absolute atomic E-state index is 0.135. The summed E-state index contributed by atoms with van der Waals surface area (Å²) in [6.07, 6.45) is 3.67. The molecular weight excluding hydrogens is 410 g/mol. The number of hydrogen-bond acceptors (Lipinski definition) is 5. The van der Waals surface area contributed by atoms with Crippen LogP contribution >= 0.6 is 15.9 Å². The van der Waals surface area contributed by atoms with Crippen molar-refractivity contribution in [3.05, 3.63) is 52.1 Å². The van der Waals surface area contributed by atoms with Crippen molar-refractivity contribution in [1.82, 2.24) is 9.88 Å². The maximum absolute atomic E-state index is 12.8. The van der Waals surface area contributed by atoms with Gasteiger partial charge in [-0.15, -0.1) is 0 Å². The first-order chi connectivity index (χ1) is 13.1. The lowest BCUT2D eigenvalue weighted by atomic mass is 10.2. The summed E-state index contributed by atoms with van der Waals surface area (Å²) in [5, 5.41) is 18.7. The standard InChI is InChI=1S/C19H20BrN5O2/c20-13-7-8-16-14(11-13)19(26)24-17-6-4-5-15(23-17)18(22)25(12-21)9-2-1-3-10-27-16/h4-8,11-12,21-22H,1-3,9-10H2,(H,23,24,26). The van der Waals surface area contributed by atoms with Crippen LogP contribution in [0.3, 0.4) is 0 Å². The van der Waals surface area contributed by atoms with Crippen LogP contribution in [0.15, 0.2) is 40.9 Å². The summed E-state index contributed by atoms with van der Waals surface area (Å²) in [6.45, 7) is 1.06. The number of fused-ring (bicyclic) bond motifs is 3. The molecule has 0 radical (unpaired) electrons. The van der Waals surface area contributed by atoms with Crippen molar-refractivity contribution in [3.63, 3.8) is 0 Å². The Bertz CT molecular complexity index is 871. The zero-order valence-electron chi connectivity index (χ0n) is 14.7. The van der Waals surface area contributed by atoms with E-state index >= 15 is 0 Å². The summed E-state index contributed by atoms with van der Waals surface area (Å²) in [6, 6.07) is 10.4. The summed E-state index contributed by atoms with van der Waals surface area (Å²) in [5.41, 5.74) is 0.819. The molecule has 8 heteroatoms. The van der Waals surface area contributed by atoms with Crippen LogP contribution in [0.2, 0.25) is 0 Å². The summed E-state index contributed by atoms with van der Waals surface area (Å²) < 4.78 is 6.60. The number of ether oxygens (including phenoxy) is 1. The maximum atomic E-state index is 12.8. The van der Waals surface area contributed by atoms with Crippen LogP contribution in [0.25, 0.3) is 0 Å². The van der Waals surface area contributed by atoms with Gasteiger partial charge in [-0.2, -0.15) is 0 Å². The molecular formula is C19H20BrN5O2.